The first-order chi connectivity index (χ1) is 12.2. The van der Waals surface area contributed by atoms with E-state index in [1.807, 2.05) is 16.9 Å². The van der Waals surface area contributed by atoms with Crippen LogP contribution in [0.15, 0.2) is 48.8 Å². The van der Waals surface area contributed by atoms with Crippen molar-refractivity contribution in [1.82, 2.24) is 19.2 Å². The van der Waals surface area contributed by atoms with Crippen molar-refractivity contribution in [2.45, 2.75) is 45.3 Å². The van der Waals surface area contributed by atoms with E-state index in [0.29, 0.717) is 6.42 Å². The summed E-state index contributed by atoms with van der Waals surface area (Å²) < 4.78 is 4.19. The number of aromatic nitrogens is 3. The van der Waals surface area contributed by atoms with Gasteiger partial charge in [-0.3, -0.25) is 9.48 Å². The number of amides is 1. The first-order valence-corrected chi connectivity index (χ1v) is 9.04. The minimum atomic E-state index is 0.256. The van der Waals surface area contributed by atoms with Crippen LogP contribution < -0.4 is 0 Å². The summed E-state index contributed by atoms with van der Waals surface area (Å²) in [6, 6.07) is 12.8. The van der Waals surface area contributed by atoms with E-state index in [-0.39, 0.29) is 11.9 Å². The molecule has 1 aliphatic heterocycles. The molecule has 0 radical (unpaired) electrons. The summed E-state index contributed by atoms with van der Waals surface area (Å²) in [5.74, 6) is 0.256. The van der Waals surface area contributed by atoms with Crippen molar-refractivity contribution in [3.63, 3.8) is 0 Å². The van der Waals surface area contributed by atoms with E-state index >= 15 is 0 Å². The van der Waals surface area contributed by atoms with E-state index in [1.165, 1.54) is 16.6 Å². The van der Waals surface area contributed by atoms with Crippen molar-refractivity contribution in [2.75, 3.05) is 6.54 Å². The van der Waals surface area contributed by atoms with Gasteiger partial charge in [0.1, 0.15) is 0 Å². The lowest BCUT2D eigenvalue weighted by molar-refractivity contribution is -0.132. The molecule has 1 aromatic carbocycles. The number of nitrogens with zero attached hydrogens (tertiary/aromatic N) is 4. The average Bonchev–Trinajstić information content (AvgIpc) is 3.33. The fourth-order valence-electron chi connectivity index (χ4n) is 3.97. The van der Waals surface area contributed by atoms with Crippen molar-refractivity contribution in [3.05, 3.63) is 54.5 Å². The monoisotopic (exact) mass is 336 g/mol. The van der Waals surface area contributed by atoms with Gasteiger partial charge in [-0.25, -0.2) is 0 Å². The van der Waals surface area contributed by atoms with Gasteiger partial charge in [-0.2, -0.15) is 5.10 Å². The largest absolute Gasteiger partial charge is 0.344 e. The molecule has 1 unspecified atom stereocenters. The normalized spacial score (nSPS) is 17.5. The fraction of sp³-hybridized carbons (Fsp3) is 0.400. The van der Waals surface area contributed by atoms with E-state index in [0.717, 1.165) is 32.5 Å². The molecule has 0 aliphatic carbocycles. The van der Waals surface area contributed by atoms with E-state index in [4.69, 9.17) is 0 Å². The average molecular weight is 336 g/mol. The Morgan fingerprint density at radius 2 is 2.16 bits per heavy atom. The molecular weight excluding hydrogens is 312 g/mol. The fourth-order valence-corrected chi connectivity index (χ4v) is 3.97. The smallest absolute Gasteiger partial charge is 0.224 e. The highest BCUT2D eigenvalue weighted by Crippen LogP contribution is 2.22. The van der Waals surface area contributed by atoms with Crippen molar-refractivity contribution >= 4 is 16.8 Å². The van der Waals surface area contributed by atoms with Crippen LogP contribution >= 0.6 is 0 Å². The van der Waals surface area contributed by atoms with Crippen LogP contribution in [0.5, 0.6) is 0 Å². The van der Waals surface area contributed by atoms with Crippen LogP contribution in [-0.4, -0.2) is 37.7 Å². The number of hydrogen-bond acceptors (Lipinski definition) is 2. The number of carbonyl (C=O) groups is 1. The molecule has 1 saturated heterocycles. The molecule has 1 fully saturated rings. The van der Waals surface area contributed by atoms with Gasteiger partial charge in [0, 0.05) is 43.1 Å². The van der Waals surface area contributed by atoms with Crippen molar-refractivity contribution in [3.8, 4) is 0 Å². The van der Waals surface area contributed by atoms with E-state index in [9.17, 15) is 4.79 Å². The van der Waals surface area contributed by atoms with Crippen LogP contribution in [0.1, 0.15) is 25.0 Å². The zero-order valence-corrected chi connectivity index (χ0v) is 14.6. The van der Waals surface area contributed by atoms with Gasteiger partial charge in [0.05, 0.1) is 12.6 Å². The van der Waals surface area contributed by atoms with Gasteiger partial charge in [-0.1, -0.05) is 18.2 Å². The number of likely N-dealkylation sites (tertiary alicyclic amines) is 1. The van der Waals surface area contributed by atoms with Gasteiger partial charge >= 0.3 is 0 Å². The number of carbonyl (C=O) groups excluding carboxylic acids is 1. The molecule has 25 heavy (non-hydrogen) atoms. The predicted octanol–water partition coefficient (Wildman–Crippen LogP) is 3.23. The second kappa shape index (κ2) is 6.75. The van der Waals surface area contributed by atoms with Gasteiger partial charge in [0.15, 0.2) is 0 Å². The lowest BCUT2D eigenvalue weighted by Crippen LogP contribution is -2.38. The van der Waals surface area contributed by atoms with Crippen molar-refractivity contribution < 1.29 is 4.79 Å². The van der Waals surface area contributed by atoms with E-state index in [1.54, 1.807) is 6.20 Å². The molecule has 3 heterocycles. The summed E-state index contributed by atoms with van der Waals surface area (Å²) in [6.07, 6.45) is 6.46. The summed E-state index contributed by atoms with van der Waals surface area (Å²) in [4.78, 5) is 14.9. The first-order valence-electron chi connectivity index (χ1n) is 9.04. The predicted molar refractivity (Wildman–Crippen MR) is 98.3 cm³/mol. The minimum Gasteiger partial charge on any atom is -0.344 e. The van der Waals surface area contributed by atoms with E-state index in [2.05, 4.69) is 51.8 Å². The molecule has 0 spiro atoms. The van der Waals surface area contributed by atoms with Crippen molar-refractivity contribution in [1.29, 1.82) is 0 Å². The van der Waals surface area contributed by atoms with Crippen LogP contribution in [0.2, 0.25) is 0 Å². The molecule has 130 valence electrons. The Labute approximate surface area is 147 Å². The van der Waals surface area contributed by atoms with Crippen LogP contribution in [0.4, 0.5) is 0 Å². The highest BCUT2D eigenvalue weighted by atomic mass is 16.2. The third-order valence-electron chi connectivity index (χ3n) is 5.22. The Balaban J connectivity index is 1.43. The van der Waals surface area contributed by atoms with Crippen molar-refractivity contribution in [2.24, 2.45) is 0 Å². The van der Waals surface area contributed by atoms with Crippen LogP contribution in [0, 0.1) is 6.92 Å². The number of rotatable bonds is 5. The Bertz CT molecular complexity index is 865. The molecule has 3 aromatic rings. The minimum absolute atomic E-state index is 0.256. The van der Waals surface area contributed by atoms with Crippen LogP contribution in [-0.2, 0) is 17.9 Å². The SMILES string of the molecule is Cc1cc2ccccc2n1CCC(=O)N1CCCC1Cn1cccn1. The summed E-state index contributed by atoms with van der Waals surface area (Å²) in [5, 5.41) is 5.52. The second-order valence-corrected chi connectivity index (χ2v) is 6.86. The Morgan fingerprint density at radius 3 is 3.00 bits per heavy atom. The Morgan fingerprint density at radius 1 is 1.28 bits per heavy atom. The van der Waals surface area contributed by atoms with Gasteiger partial charge in [0.25, 0.3) is 0 Å². The zero-order chi connectivity index (χ0) is 17.2. The molecule has 5 nitrogen and oxygen atoms in total. The number of fused-ring (bicyclic) bond motifs is 1. The molecule has 1 atom stereocenters. The summed E-state index contributed by atoms with van der Waals surface area (Å²) in [7, 11) is 0. The van der Waals surface area contributed by atoms with Gasteiger partial charge < -0.3 is 9.47 Å². The third-order valence-corrected chi connectivity index (χ3v) is 5.22. The maximum absolute atomic E-state index is 12.8. The molecule has 2 aromatic heterocycles. The number of aryl methyl sites for hydroxylation is 2. The molecule has 0 bridgehead atoms. The third kappa shape index (κ3) is 3.18. The molecule has 0 N–H and O–H groups in total. The molecule has 1 aliphatic rings. The Kier molecular flexibility index (Phi) is 4.30. The zero-order valence-electron chi connectivity index (χ0n) is 14.6. The number of benzene rings is 1. The molecule has 1 amide bonds. The second-order valence-electron chi connectivity index (χ2n) is 6.86. The summed E-state index contributed by atoms with van der Waals surface area (Å²) in [5.41, 5.74) is 2.42. The summed E-state index contributed by atoms with van der Waals surface area (Å²) >= 11 is 0. The van der Waals surface area contributed by atoms with Crippen LogP contribution in [0.3, 0.4) is 0 Å². The highest BCUT2D eigenvalue weighted by molar-refractivity contribution is 5.82. The maximum Gasteiger partial charge on any atom is 0.224 e. The summed E-state index contributed by atoms with van der Waals surface area (Å²) in [6.45, 7) is 4.52. The Hall–Kier alpha value is -2.56. The first kappa shape index (κ1) is 15.9. The van der Waals surface area contributed by atoms with Gasteiger partial charge in [0.2, 0.25) is 5.91 Å². The van der Waals surface area contributed by atoms with Gasteiger partial charge in [-0.15, -0.1) is 0 Å². The molecular formula is C20H24N4O. The quantitative estimate of drug-likeness (QED) is 0.718. The van der Waals surface area contributed by atoms with Gasteiger partial charge in [-0.05, 0) is 43.4 Å². The van der Waals surface area contributed by atoms with E-state index < -0.39 is 0 Å². The maximum atomic E-state index is 12.8. The number of hydrogen-bond donors (Lipinski definition) is 0. The standard InChI is InChI=1S/C20H24N4O/c1-16-14-17-6-2-3-8-19(17)23(16)13-9-20(25)24-12-4-7-18(24)15-22-11-5-10-21-22/h2-3,5-6,8,10-11,14,18H,4,7,9,12-13,15H2,1H3. The molecule has 5 heteroatoms. The lowest BCUT2D eigenvalue weighted by atomic mass is 10.2. The van der Waals surface area contributed by atoms with Crippen LogP contribution in [0.25, 0.3) is 10.9 Å². The molecule has 0 saturated carbocycles. The lowest BCUT2D eigenvalue weighted by Gasteiger charge is -2.25. The molecule has 4 rings (SSSR count). The highest BCUT2D eigenvalue weighted by Gasteiger charge is 2.28. The topological polar surface area (TPSA) is 43.1 Å². The number of para-hydroxylation sites is 1.